The number of benzene rings is 2. The molecule has 4 aromatic rings. The van der Waals surface area contributed by atoms with Gasteiger partial charge in [-0.3, -0.25) is 10.1 Å². The molecule has 0 unspecified atom stereocenters. The number of non-ortho nitro benzene ring substituents is 1. The molecule has 0 aliphatic heterocycles. The van der Waals surface area contributed by atoms with Crippen LogP contribution in [0.1, 0.15) is 5.89 Å². The largest absolute Gasteiger partial charge is 0.338 e. The van der Waals surface area contributed by atoms with Gasteiger partial charge in [0.15, 0.2) is 4.34 Å². The molecule has 2 heterocycles. The second kappa shape index (κ2) is 6.61. The summed E-state index contributed by atoms with van der Waals surface area (Å²) < 4.78 is 6.86. The number of thiazole rings is 1. The normalized spacial score (nSPS) is 11.0. The van der Waals surface area contributed by atoms with E-state index in [0.717, 1.165) is 20.1 Å². The van der Waals surface area contributed by atoms with Crippen LogP contribution in [0.2, 0.25) is 0 Å². The Labute approximate surface area is 149 Å². The average Bonchev–Trinajstić information content (AvgIpc) is 3.26. The van der Waals surface area contributed by atoms with Crippen molar-refractivity contribution in [1.82, 2.24) is 15.1 Å². The standard InChI is InChI=1S/C16H10N4O3S2/c21-20(22)11-6-7-12-13(8-11)25-16(17-12)24-9-14-18-15(19-23-14)10-4-2-1-3-5-10/h1-8H,9H2. The van der Waals surface area contributed by atoms with Crippen molar-refractivity contribution in [2.45, 2.75) is 10.1 Å². The quantitative estimate of drug-likeness (QED) is 0.289. The summed E-state index contributed by atoms with van der Waals surface area (Å²) in [4.78, 5) is 19.3. The molecule has 0 radical (unpaired) electrons. The van der Waals surface area contributed by atoms with Crippen molar-refractivity contribution >= 4 is 39.0 Å². The lowest BCUT2D eigenvalue weighted by atomic mass is 10.2. The molecular formula is C16H10N4O3S2. The molecule has 0 N–H and O–H groups in total. The average molecular weight is 370 g/mol. The third kappa shape index (κ3) is 3.37. The molecule has 0 saturated carbocycles. The molecule has 25 heavy (non-hydrogen) atoms. The maximum Gasteiger partial charge on any atom is 0.270 e. The SMILES string of the molecule is O=[N+]([O-])c1ccc2nc(SCc3nc(-c4ccccc4)no3)sc2c1. The Bertz CT molecular complexity index is 1050. The van der Waals surface area contributed by atoms with E-state index in [4.69, 9.17) is 4.52 Å². The highest BCUT2D eigenvalue weighted by molar-refractivity contribution is 8.00. The predicted molar refractivity (Wildman–Crippen MR) is 95.6 cm³/mol. The maximum atomic E-state index is 10.8. The lowest BCUT2D eigenvalue weighted by molar-refractivity contribution is -0.384. The molecule has 0 aliphatic carbocycles. The first-order valence-electron chi connectivity index (χ1n) is 7.25. The van der Waals surface area contributed by atoms with Crippen molar-refractivity contribution in [2.24, 2.45) is 0 Å². The van der Waals surface area contributed by atoms with E-state index in [1.807, 2.05) is 30.3 Å². The second-order valence-corrected chi connectivity index (χ2v) is 7.31. The monoisotopic (exact) mass is 370 g/mol. The van der Waals surface area contributed by atoms with E-state index in [0.29, 0.717) is 17.5 Å². The van der Waals surface area contributed by atoms with Crippen LogP contribution in [0.3, 0.4) is 0 Å². The van der Waals surface area contributed by atoms with Crippen LogP contribution >= 0.6 is 23.1 Å². The van der Waals surface area contributed by atoms with Gasteiger partial charge in [-0.25, -0.2) is 4.98 Å². The van der Waals surface area contributed by atoms with Crippen molar-refractivity contribution < 1.29 is 9.45 Å². The van der Waals surface area contributed by atoms with Gasteiger partial charge in [-0.05, 0) is 6.07 Å². The van der Waals surface area contributed by atoms with Crippen molar-refractivity contribution in [3.05, 3.63) is 64.5 Å². The van der Waals surface area contributed by atoms with Gasteiger partial charge in [0, 0.05) is 17.7 Å². The van der Waals surface area contributed by atoms with E-state index >= 15 is 0 Å². The Morgan fingerprint density at radius 1 is 1.16 bits per heavy atom. The number of nitrogens with zero attached hydrogens (tertiary/aromatic N) is 4. The van der Waals surface area contributed by atoms with E-state index in [9.17, 15) is 10.1 Å². The maximum absolute atomic E-state index is 10.8. The zero-order chi connectivity index (χ0) is 17.2. The van der Waals surface area contributed by atoms with E-state index in [2.05, 4.69) is 15.1 Å². The first kappa shape index (κ1) is 15.7. The number of nitro benzene ring substituents is 1. The third-order valence-corrected chi connectivity index (χ3v) is 5.53. The van der Waals surface area contributed by atoms with Crippen LogP contribution in [0, 0.1) is 10.1 Å². The fourth-order valence-corrected chi connectivity index (χ4v) is 4.15. The zero-order valence-electron chi connectivity index (χ0n) is 12.7. The molecule has 0 amide bonds. The highest BCUT2D eigenvalue weighted by Crippen LogP contribution is 2.33. The first-order chi connectivity index (χ1) is 12.2. The molecule has 0 aliphatic rings. The molecule has 0 saturated heterocycles. The Kier molecular flexibility index (Phi) is 4.16. The van der Waals surface area contributed by atoms with Crippen molar-refractivity contribution in [1.29, 1.82) is 0 Å². The molecular weight excluding hydrogens is 360 g/mol. The molecule has 2 aromatic heterocycles. The van der Waals surface area contributed by atoms with E-state index in [1.165, 1.54) is 35.2 Å². The number of thioether (sulfide) groups is 1. The fourth-order valence-electron chi connectivity index (χ4n) is 2.21. The van der Waals surface area contributed by atoms with Crippen LogP contribution in [-0.4, -0.2) is 20.0 Å². The van der Waals surface area contributed by atoms with Crippen LogP contribution < -0.4 is 0 Å². The van der Waals surface area contributed by atoms with Crippen molar-refractivity contribution in [2.75, 3.05) is 0 Å². The summed E-state index contributed by atoms with van der Waals surface area (Å²) in [5, 5.41) is 14.8. The molecule has 7 nitrogen and oxygen atoms in total. The van der Waals surface area contributed by atoms with Crippen LogP contribution in [0.15, 0.2) is 57.4 Å². The van der Waals surface area contributed by atoms with E-state index in [1.54, 1.807) is 6.07 Å². The number of rotatable bonds is 5. The molecule has 124 valence electrons. The highest BCUT2D eigenvalue weighted by atomic mass is 32.2. The molecule has 0 atom stereocenters. The van der Waals surface area contributed by atoms with Gasteiger partial charge in [0.25, 0.3) is 5.69 Å². The number of fused-ring (bicyclic) bond motifs is 1. The van der Waals surface area contributed by atoms with Gasteiger partial charge in [0.2, 0.25) is 11.7 Å². The predicted octanol–water partition coefficient (Wildman–Crippen LogP) is 4.55. The Morgan fingerprint density at radius 2 is 2.00 bits per heavy atom. The minimum Gasteiger partial charge on any atom is -0.338 e. The summed E-state index contributed by atoms with van der Waals surface area (Å²) in [6.07, 6.45) is 0. The summed E-state index contributed by atoms with van der Waals surface area (Å²) >= 11 is 2.87. The van der Waals surface area contributed by atoms with E-state index in [-0.39, 0.29) is 5.69 Å². The van der Waals surface area contributed by atoms with Gasteiger partial charge in [-0.1, -0.05) is 47.3 Å². The van der Waals surface area contributed by atoms with Crippen LogP contribution in [0.5, 0.6) is 0 Å². The number of hydrogen-bond acceptors (Lipinski definition) is 8. The molecule has 0 fully saturated rings. The zero-order valence-corrected chi connectivity index (χ0v) is 14.3. The van der Waals surface area contributed by atoms with Crippen LogP contribution in [0.4, 0.5) is 5.69 Å². The minimum absolute atomic E-state index is 0.0668. The number of aromatic nitrogens is 3. The topological polar surface area (TPSA) is 95.0 Å². The lowest BCUT2D eigenvalue weighted by Gasteiger charge is -1.91. The van der Waals surface area contributed by atoms with Gasteiger partial charge >= 0.3 is 0 Å². The van der Waals surface area contributed by atoms with Gasteiger partial charge < -0.3 is 4.52 Å². The third-order valence-electron chi connectivity index (χ3n) is 3.38. The number of hydrogen-bond donors (Lipinski definition) is 0. The summed E-state index contributed by atoms with van der Waals surface area (Å²) in [7, 11) is 0. The van der Waals surface area contributed by atoms with Gasteiger partial charge in [0.05, 0.1) is 20.9 Å². The molecule has 0 bridgehead atoms. The second-order valence-electron chi connectivity index (χ2n) is 5.06. The first-order valence-corrected chi connectivity index (χ1v) is 9.05. The summed E-state index contributed by atoms with van der Waals surface area (Å²) in [5.41, 5.74) is 1.71. The molecule has 9 heteroatoms. The summed E-state index contributed by atoms with van der Waals surface area (Å²) in [6.45, 7) is 0. The lowest BCUT2D eigenvalue weighted by Crippen LogP contribution is -1.85. The molecule has 0 spiro atoms. The van der Waals surface area contributed by atoms with Gasteiger partial charge in [0.1, 0.15) is 0 Å². The Hall–Kier alpha value is -2.78. The van der Waals surface area contributed by atoms with Crippen molar-refractivity contribution in [3.8, 4) is 11.4 Å². The Morgan fingerprint density at radius 3 is 2.80 bits per heavy atom. The smallest absolute Gasteiger partial charge is 0.270 e. The van der Waals surface area contributed by atoms with E-state index < -0.39 is 4.92 Å². The summed E-state index contributed by atoms with van der Waals surface area (Å²) in [6, 6.07) is 14.3. The van der Waals surface area contributed by atoms with Gasteiger partial charge in [-0.15, -0.1) is 11.3 Å². The van der Waals surface area contributed by atoms with Crippen molar-refractivity contribution in [3.63, 3.8) is 0 Å². The fraction of sp³-hybridized carbons (Fsp3) is 0.0625. The highest BCUT2D eigenvalue weighted by Gasteiger charge is 2.13. The minimum atomic E-state index is -0.407. The van der Waals surface area contributed by atoms with Crippen LogP contribution in [0.25, 0.3) is 21.6 Å². The van der Waals surface area contributed by atoms with Crippen LogP contribution in [-0.2, 0) is 5.75 Å². The molecule has 4 rings (SSSR count). The van der Waals surface area contributed by atoms with Gasteiger partial charge in [-0.2, -0.15) is 4.98 Å². The molecule has 2 aromatic carbocycles. The number of nitro groups is 1. The summed E-state index contributed by atoms with van der Waals surface area (Å²) in [5.74, 6) is 1.55. The Balaban J connectivity index is 1.49.